The summed E-state index contributed by atoms with van der Waals surface area (Å²) < 4.78 is 1.89. The van der Waals surface area contributed by atoms with Crippen LogP contribution in [-0.2, 0) is 6.54 Å². The van der Waals surface area contributed by atoms with Crippen LogP contribution in [0.15, 0.2) is 18.5 Å². The molecule has 0 aromatic carbocycles. The first-order valence-corrected chi connectivity index (χ1v) is 8.79. The number of nitrogens with one attached hydrogen (secondary N) is 2. The molecule has 7 heteroatoms. The van der Waals surface area contributed by atoms with Gasteiger partial charge in [0.15, 0.2) is 0 Å². The molecule has 1 aromatic heterocycles. The predicted octanol–water partition coefficient (Wildman–Crippen LogP) is 0.844. The van der Waals surface area contributed by atoms with Crippen LogP contribution >= 0.6 is 0 Å². The Kier molecular flexibility index (Phi) is 6.62. The molecule has 1 aliphatic heterocycles. The second-order valence-corrected chi connectivity index (χ2v) is 7.48. The van der Waals surface area contributed by atoms with E-state index in [1.807, 2.05) is 16.9 Å². The van der Waals surface area contributed by atoms with Gasteiger partial charge in [0.1, 0.15) is 0 Å². The lowest BCUT2D eigenvalue weighted by Gasteiger charge is -2.45. The van der Waals surface area contributed by atoms with Gasteiger partial charge in [0.2, 0.25) is 0 Å². The second kappa shape index (κ2) is 8.48. The monoisotopic (exact) mass is 336 g/mol. The van der Waals surface area contributed by atoms with Crippen LogP contribution in [0, 0.1) is 5.92 Å². The summed E-state index contributed by atoms with van der Waals surface area (Å²) in [4.78, 5) is 16.7. The van der Waals surface area contributed by atoms with E-state index < -0.39 is 0 Å². The van der Waals surface area contributed by atoms with E-state index in [0.717, 1.165) is 32.7 Å². The van der Waals surface area contributed by atoms with E-state index in [4.69, 9.17) is 0 Å². The second-order valence-electron chi connectivity index (χ2n) is 7.48. The Morgan fingerprint density at radius 1 is 1.33 bits per heavy atom. The summed E-state index contributed by atoms with van der Waals surface area (Å²) in [5, 5.41) is 10.1. The number of aromatic nitrogens is 2. The van der Waals surface area contributed by atoms with Gasteiger partial charge in [-0.05, 0) is 32.9 Å². The number of carbonyl (C=O) groups excluding carboxylic acids is 1. The van der Waals surface area contributed by atoms with Gasteiger partial charge in [-0.3, -0.25) is 14.5 Å². The summed E-state index contributed by atoms with van der Waals surface area (Å²) in [6.07, 6.45) is 3.71. The maximum Gasteiger partial charge on any atom is 0.314 e. The lowest BCUT2D eigenvalue weighted by atomic mass is 10.00. The fourth-order valence-corrected chi connectivity index (χ4v) is 2.98. The highest BCUT2D eigenvalue weighted by atomic mass is 16.2. The molecule has 0 spiro atoms. The Labute approximate surface area is 145 Å². The Balaban J connectivity index is 1.58. The molecular formula is C17H32N6O. The van der Waals surface area contributed by atoms with Crippen LogP contribution in [0.5, 0.6) is 0 Å². The average Bonchev–Trinajstić information content (AvgIpc) is 3.01. The molecule has 2 N–H and O–H groups in total. The highest BCUT2D eigenvalue weighted by Crippen LogP contribution is 2.18. The molecule has 0 aliphatic carbocycles. The van der Waals surface area contributed by atoms with Crippen molar-refractivity contribution in [1.82, 2.24) is 30.2 Å². The highest BCUT2D eigenvalue weighted by molar-refractivity contribution is 5.73. The van der Waals surface area contributed by atoms with Crippen molar-refractivity contribution in [3.63, 3.8) is 0 Å². The molecule has 0 bridgehead atoms. The zero-order valence-corrected chi connectivity index (χ0v) is 15.5. The van der Waals surface area contributed by atoms with E-state index >= 15 is 0 Å². The van der Waals surface area contributed by atoms with Crippen LogP contribution in [0.4, 0.5) is 4.79 Å². The van der Waals surface area contributed by atoms with Gasteiger partial charge >= 0.3 is 6.03 Å². The number of amides is 2. The van der Waals surface area contributed by atoms with Crippen molar-refractivity contribution in [3.8, 4) is 0 Å². The summed E-state index contributed by atoms with van der Waals surface area (Å²) >= 11 is 0. The molecular weight excluding hydrogens is 304 g/mol. The number of urea groups is 1. The fraction of sp³-hybridized carbons (Fsp3) is 0.765. The molecule has 1 aromatic rings. The Morgan fingerprint density at radius 3 is 2.79 bits per heavy atom. The third-order valence-corrected chi connectivity index (χ3v) is 4.78. The van der Waals surface area contributed by atoms with Gasteiger partial charge in [0, 0.05) is 63.7 Å². The predicted molar refractivity (Wildman–Crippen MR) is 95.9 cm³/mol. The van der Waals surface area contributed by atoms with Crippen molar-refractivity contribution >= 4 is 6.03 Å². The summed E-state index contributed by atoms with van der Waals surface area (Å²) in [6.45, 7) is 12.8. The molecule has 136 valence electrons. The molecule has 1 saturated heterocycles. The lowest BCUT2D eigenvalue weighted by molar-refractivity contribution is 0.0410. The quantitative estimate of drug-likeness (QED) is 0.775. The maximum absolute atomic E-state index is 11.9. The molecule has 24 heavy (non-hydrogen) atoms. The van der Waals surface area contributed by atoms with Crippen molar-refractivity contribution in [1.29, 1.82) is 0 Å². The van der Waals surface area contributed by atoms with Gasteiger partial charge in [-0.2, -0.15) is 5.10 Å². The number of hydrogen-bond donors (Lipinski definition) is 2. The van der Waals surface area contributed by atoms with Crippen LogP contribution in [0.2, 0.25) is 0 Å². The minimum Gasteiger partial charge on any atom is -0.338 e. The fourth-order valence-electron chi connectivity index (χ4n) is 2.98. The van der Waals surface area contributed by atoms with Crippen LogP contribution in [0.1, 0.15) is 20.8 Å². The van der Waals surface area contributed by atoms with Crippen molar-refractivity contribution < 1.29 is 4.79 Å². The summed E-state index contributed by atoms with van der Waals surface area (Å²) in [5.41, 5.74) is 0.197. The van der Waals surface area contributed by atoms with Gasteiger partial charge in [-0.25, -0.2) is 4.79 Å². The van der Waals surface area contributed by atoms with E-state index in [1.165, 1.54) is 0 Å². The molecule has 2 heterocycles. The SMILES string of the molecule is CC(CNC(=O)NCCN1CCN(C)C(C)(C)C1)Cn1cccn1. The van der Waals surface area contributed by atoms with E-state index in [0.29, 0.717) is 19.0 Å². The van der Waals surface area contributed by atoms with Crippen LogP contribution in [-0.4, -0.2) is 77.5 Å². The standard InChI is InChI=1S/C17H32N6O/c1-15(13-23-8-5-6-20-23)12-19-16(24)18-7-9-22-11-10-21(4)17(2,3)14-22/h5-6,8,15H,7,9-14H2,1-4H3,(H2,18,19,24). The highest BCUT2D eigenvalue weighted by Gasteiger charge is 2.30. The van der Waals surface area contributed by atoms with Crippen molar-refractivity contribution in [2.45, 2.75) is 32.9 Å². The topological polar surface area (TPSA) is 65.4 Å². The van der Waals surface area contributed by atoms with Crippen molar-refractivity contribution in [2.75, 3.05) is 46.3 Å². The third-order valence-electron chi connectivity index (χ3n) is 4.78. The Bertz CT molecular complexity index is 501. The molecule has 2 rings (SSSR count). The Morgan fingerprint density at radius 2 is 2.12 bits per heavy atom. The number of nitrogens with zero attached hydrogens (tertiary/aromatic N) is 4. The van der Waals surface area contributed by atoms with Gasteiger partial charge < -0.3 is 10.6 Å². The number of piperazine rings is 1. The lowest BCUT2D eigenvalue weighted by Crippen LogP contribution is -2.58. The molecule has 7 nitrogen and oxygen atoms in total. The molecule has 2 amide bonds. The summed E-state index contributed by atoms with van der Waals surface area (Å²) in [7, 11) is 2.17. The zero-order valence-electron chi connectivity index (χ0n) is 15.5. The molecule has 1 fully saturated rings. The Hall–Kier alpha value is -1.60. The van der Waals surface area contributed by atoms with E-state index in [2.05, 4.69) is 53.4 Å². The summed E-state index contributed by atoms with van der Waals surface area (Å²) in [5.74, 6) is 0.342. The van der Waals surface area contributed by atoms with E-state index in [-0.39, 0.29) is 11.6 Å². The van der Waals surface area contributed by atoms with Crippen molar-refractivity contribution in [3.05, 3.63) is 18.5 Å². The van der Waals surface area contributed by atoms with Gasteiger partial charge in [0.25, 0.3) is 0 Å². The van der Waals surface area contributed by atoms with E-state index in [1.54, 1.807) is 6.20 Å². The zero-order chi connectivity index (χ0) is 17.6. The minimum atomic E-state index is -0.0873. The first-order valence-electron chi connectivity index (χ1n) is 8.79. The molecule has 0 saturated carbocycles. The van der Waals surface area contributed by atoms with Gasteiger partial charge in [0.05, 0.1) is 0 Å². The van der Waals surface area contributed by atoms with Crippen LogP contribution in [0.25, 0.3) is 0 Å². The smallest absolute Gasteiger partial charge is 0.314 e. The molecule has 1 unspecified atom stereocenters. The summed E-state index contributed by atoms with van der Waals surface area (Å²) in [6, 6.07) is 1.82. The van der Waals surface area contributed by atoms with Crippen LogP contribution < -0.4 is 10.6 Å². The third kappa shape index (κ3) is 5.79. The minimum absolute atomic E-state index is 0.0873. The maximum atomic E-state index is 11.9. The first kappa shape index (κ1) is 18.7. The number of hydrogen-bond acceptors (Lipinski definition) is 4. The molecule has 1 atom stereocenters. The van der Waals surface area contributed by atoms with Crippen LogP contribution in [0.3, 0.4) is 0 Å². The molecule has 1 aliphatic rings. The number of likely N-dealkylation sites (N-methyl/N-ethyl adjacent to an activating group) is 1. The normalized spacial score (nSPS) is 19.8. The van der Waals surface area contributed by atoms with Gasteiger partial charge in [-0.1, -0.05) is 6.92 Å². The molecule has 0 radical (unpaired) electrons. The van der Waals surface area contributed by atoms with E-state index in [9.17, 15) is 4.79 Å². The number of rotatable bonds is 7. The van der Waals surface area contributed by atoms with Crippen molar-refractivity contribution in [2.24, 2.45) is 5.92 Å². The number of carbonyl (C=O) groups is 1. The largest absolute Gasteiger partial charge is 0.338 e. The first-order chi connectivity index (χ1) is 11.4. The van der Waals surface area contributed by atoms with Gasteiger partial charge in [-0.15, -0.1) is 0 Å². The average molecular weight is 336 g/mol.